The third-order valence-electron chi connectivity index (χ3n) is 3.50. The molecule has 0 unspecified atom stereocenters. The van der Waals surface area contributed by atoms with Crippen LogP contribution in [0.2, 0.25) is 0 Å². The van der Waals surface area contributed by atoms with Crippen molar-refractivity contribution in [3.63, 3.8) is 0 Å². The van der Waals surface area contributed by atoms with Crippen molar-refractivity contribution in [2.75, 3.05) is 10.6 Å². The van der Waals surface area contributed by atoms with Gasteiger partial charge in [-0.05, 0) is 24.3 Å². The molecule has 3 aromatic carbocycles. The van der Waals surface area contributed by atoms with Crippen molar-refractivity contribution in [2.24, 2.45) is 0 Å². The fourth-order valence-electron chi connectivity index (χ4n) is 2.49. The summed E-state index contributed by atoms with van der Waals surface area (Å²) in [6.45, 7) is 1.31. The summed E-state index contributed by atoms with van der Waals surface area (Å²) in [5.41, 5.74) is 1.06. The van der Waals surface area contributed by atoms with Crippen molar-refractivity contribution in [1.29, 1.82) is 0 Å². The molecule has 0 atom stereocenters. The van der Waals surface area contributed by atoms with E-state index >= 15 is 0 Å². The SMILES string of the molecule is CC(=O)Oc1cccc(NC(=O)Nc2cccc3c(O)cccc23)c1. The molecule has 126 valence electrons. The molecule has 0 spiro atoms. The van der Waals surface area contributed by atoms with E-state index in [2.05, 4.69) is 10.6 Å². The van der Waals surface area contributed by atoms with Gasteiger partial charge in [-0.1, -0.05) is 30.3 Å². The van der Waals surface area contributed by atoms with Gasteiger partial charge in [0.15, 0.2) is 0 Å². The van der Waals surface area contributed by atoms with Gasteiger partial charge in [0, 0.05) is 29.4 Å². The Balaban J connectivity index is 1.77. The molecule has 3 aromatic rings. The third-order valence-corrected chi connectivity index (χ3v) is 3.50. The first-order valence-electron chi connectivity index (χ1n) is 7.60. The van der Waals surface area contributed by atoms with Crippen LogP contribution >= 0.6 is 0 Å². The van der Waals surface area contributed by atoms with E-state index in [-0.39, 0.29) is 5.75 Å². The number of anilines is 2. The van der Waals surface area contributed by atoms with Crippen LogP contribution in [0.3, 0.4) is 0 Å². The number of urea groups is 1. The summed E-state index contributed by atoms with van der Waals surface area (Å²) in [5, 5.41) is 16.7. The summed E-state index contributed by atoms with van der Waals surface area (Å²) in [4.78, 5) is 23.2. The number of aromatic hydroxyl groups is 1. The van der Waals surface area contributed by atoms with Crippen molar-refractivity contribution < 1.29 is 19.4 Å². The van der Waals surface area contributed by atoms with Crippen molar-refractivity contribution >= 4 is 34.1 Å². The van der Waals surface area contributed by atoms with E-state index in [1.165, 1.54) is 6.92 Å². The van der Waals surface area contributed by atoms with Crippen LogP contribution in [0.15, 0.2) is 60.7 Å². The van der Waals surface area contributed by atoms with Crippen molar-refractivity contribution in [3.8, 4) is 11.5 Å². The van der Waals surface area contributed by atoms with Gasteiger partial charge in [0.05, 0.1) is 5.69 Å². The van der Waals surface area contributed by atoms with E-state index in [4.69, 9.17) is 4.74 Å². The lowest BCUT2D eigenvalue weighted by atomic mass is 10.1. The van der Waals surface area contributed by atoms with Crippen molar-refractivity contribution in [3.05, 3.63) is 60.7 Å². The highest BCUT2D eigenvalue weighted by Gasteiger charge is 2.08. The van der Waals surface area contributed by atoms with Gasteiger partial charge < -0.3 is 20.5 Å². The fraction of sp³-hybridized carbons (Fsp3) is 0.0526. The zero-order chi connectivity index (χ0) is 17.8. The minimum Gasteiger partial charge on any atom is -0.507 e. The lowest BCUT2D eigenvalue weighted by Crippen LogP contribution is -2.19. The molecule has 0 saturated heterocycles. The number of phenols is 1. The second-order valence-electron chi connectivity index (χ2n) is 5.38. The third kappa shape index (κ3) is 3.87. The molecule has 3 N–H and O–H groups in total. The number of nitrogens with one attached hydrogen (secondary N) is 2. The number of rotatable bonds is 3. The molecule has 0 radical (unpaired) electrons. The first-order chi connectivity index (χ1) is 12.0. The molecule has 0 aliphatic carbocycles. The van der Waals surface area contributed by atoms with Gasteiger partial charge in [-0.2, -0.15) is 0 Å². The zero-order valence-corrected chi connectivity index (χ0v) is 13.4. The molecular weight excluding hydrogens is 320 g/mol. The summed E-state index contributed by atoms with van der Waals surface area (Å²) in [6.07, 6.45) is 0. The number of ether oxygens (including phenoxy) is 1. The number of esters is 1. The number of benzene rings is 3. The number of carbonyl (C=O) groups is 2. The summed E-state index contributed by atoms with van der Waals surface area (Å²) in [5.74, 6) is 0.0631. The van der Waals surface area contributed by atoms with E-state index in [1.807, 2.05) is 6.07 Å². The Morgan fingerprint density at radius 3 is 2.44 bits per heavy atom. The van der Waals surface area contributed by atoms with Crippen LogP contribution in [-0.2, 0) is 4.79 Å². The Labute approximate surface area is 144 Å². The summed E-state index contributed by atoms with van der Waals surface area (Å²) < 4.78 is 4.99. The molecule has 6 nitrogen and oxygen atoms in total. The predicted molar refractivity (Wildman–Crippen MR) is 96.0 cm³/mol. The monoisotopic (exact) mass is 336 g/mol. The molecule has 25 heavy (non-hydrogen) atoms. The van der Waals surface area contributed by atoms with Gasteiger partial charge in [0.2, 0.25) is 0 Å². The Hall–Kier alpha value is -3.54. The fourth-order valence-corrected chi connectivity index (χ4v) is 2.49. The summed E-state index contributed by atoms with van der Waals surface area (Å²) in [6, 6.07) is 16.5. The highest BCUT2D eigenvalue weighted by Crippen LogP contribution is 2.29. The second-order valence-corrected chi connectivity index (χ2v) is 5.38. The lowest BCUT2D eigenvalue weighted by molar-refractivity contribution is -0.131. The molecule has 6 heteroatoms. The van der Waals surface area contributed by atoms with Crippen molar-refractivity contribution in [2.45, 2.75) is 6.92 Å². The van der Waals surface area contributed by atoms with Crippen LogP contribution in [0, 0.1) is 0 Å². The van der Waals surface area contributed by atoms with Gasteiger partial charge in [0.25, 0.3) is 0 Å². The van der Waals surface area contributed by atoms with Gasteiger partial charge in [0.1, 0.15) is 11.5 Å². The van der Waals surface area contributed by atoms with Crippen LogP contribution < -0.4 is 15.4 Å². The zero-order valence-electron chi connectivity index (χ0n) is 13.4. The molecule has 0 fully saturated rings. The molecule has 3 rings (SSSR count). The van der Waals surface area contributed by atoms with E-state index in [0.29, 0.717) is 22.5 Å². The smallest absolute Gasteiger partial charge is 0.323 e. The van der Waals surface area contributed by atoms with E-state index in [9.17, 15) is 14.7 Å². The van der Waals surface area contributed by atoms with E-state index in [1.54, 1.807) is 54.6 Å². The molecule has 0 aliphatic heterocycles. The van der Waals surface area contributed by atoms with E-state index in [0.717, 1.165) is 5.39 Å². The molecule has 0 aromatic heterocycles. The van der Waals surface area contributed by atoms with Crippen LogP contribution in [0.5, 0.6) is 11.5 Å². The quantitative estimate of drug-likeness (QED) is 0.496. The summed E-state index contributed by atoms with van der Waals surface area (Å²) in [7, 11) is 0. The number of hydrogen-bond acceptors (Lipinski definition) is 4. The maximum atomic E-state index is 12.3. The first-order valence-corrected chi connectivity index (χ1v) is 7.60. The molecule has 0 bridgehead atoms. The maximum absolute atomic E-state index is 12.3. The Morgan fingerprint density at radius 2 is 1.64 bits per heavy atom. The Morgan fingerprint density at radius 1 is 0.920 bits per heavy atom. The van der Waals surface area contributed by atoms with Gasteiger partial charge in [-0.25, -0.2) is 4.79 Å². The van der Waals surface area contributed by atoms with Gasteiger partial charge in [-0.3, -0.25) is 4.79 Å². The average Bonchev–Trinajstić information content (AvgIpc) is 2.55. The molecule has 0 saturated carbocycles. The molecule has 0 aliphatic rings. The Kier molecular flexibility index (Phi) is 4.52. The Bertz CT molecular complexity index is 953. The highest BCUT2D eigenvalue weighted by molar-refractivity contribution is 6.07. The van der Waals surface area contributed by atoms with Crippen LogP contribution in [0.25, 0.3) is 10.8 Å². The largest absolute Gasteiger partial charge is 0.507 e. The maximum Gasteiger partial charge on any atom is 0.323 e. The molecule has 2 amide bonds. The minimum absolute atomic E-state index is 0.149. The average molecular weight is 336 g/mol. The number of hydrogen-bond donors (Lipinski definition) is 3. The number of carbonyl (C=O) groups excluding carboxylic acids is 2. The van der Waals surface area contributed by atoms with Gasteiger partial charge in [-0.15, -0.1) is 0 Å². The summed E-state index contributed by atoms with van der Waals surface area (Å²) >= 11 is 0. The topological polar surface area (TPSA) is 87.7 Å². The van der Waals surface area contributed by atoms with Crippen LogP contribution in [0.1, 0.15) is 6.92 Å². The minimum atomic E-state index is -0.448. The van der Waals surface area contributed by atoms with Crippen LogP contribution in [-0.4, -0.2) is 17.1 Å². The second kappa shape index (κ2) is 6.92. The highest BCUT2D eigenvalue weighted by atomic mass is 16.5. The predicted octanol–water partition coefficient (Wildman–Crippen LogP) is 4.11. The first kappa shape index (κ1) is 16.3. The van der Waals surface area contributed by atoms with Crippen LogP contribution in [0.4, 0.5) is 16.2 Å². The van der Waals surface area contributed by atoms with Crippen molar-refractivity contribution in [1.82, 2.24) is 0 Å². The molecular formula is C19H16N2O4. The lowest BCUT2D eigenvalue weighted by Gasteiger charge is -2.11. The standard InChI is InChI=1S/C19H16N2O4/c1-12(22)25-14-6-2-5-13(11-14)20-19(24)21-17-9-3-8-16-15(17)7-4-10-18(16)23/h2-11,23H,1H3,(H2,20,21,24). The number of amides is 2. The molecule has 0 heterocycles. The van der Waals surface area contributed by atoms with E-state index < -0.39 is 12.0 Å². The van der Waals surface area contributed by atoms with Gasteiger partial charge >= 0.3 is 12.0 Å². The number of phenolic OH excluding ortho intramolecular Hbond substituents is 1. The normalized spacial score (nSPS) is 10.3. The number of fused-ring (bicyclic) bond motifs is 1.